The summed E-state index contributed by atoms with van der Waals surface area (Å²) >= 11 is 0. The second kappa shape index (κ2) is 36.4. The van der Waals surface area contributed by atoms with Crippen LogP contribution in [0.15, 0.2) is 155 Å². The zero-order valence-electron chi connectivity index (χ0n) is 60.0. The van der Waals surface area contributed by atoms with Crippen molar-refractivity contribution in [2.45, 2.75) is 116 Å². The van der Waals surface area contributed by atoms with Crippen molar-refractivity contribution >= 4 is 56.2 Å². The van der Waals surface area contributed by atoms with Crippen LogP contribution in [0.2, 0.25) is 0 Å². The number of carbonyl (C=O) groups excluding carboxylic acids is 4. The number of aromatic nitrogens is 1. The Morgan fingerprint density at radius 3 is 1.66 bits per heavy atom. The Balaban J connectivity index is 0.608. The SMILES string of the molecule is CC(C)(C)OC(=O)CN1CN(C(=O)OC(C)(C)C)c2cc(S(=O)(=O)N3CCC(c4ccc(OCCOCCOCCOCCOCCOCCOCCOc5cc(C(C)(C)C)c(NC(=O)c6cn(Cc7ccccc7)c7ccccc7c6=O)cc5OCc5ccccc5)cc4)CC3)ccc2C1=O. The lowest BCUT2D eigenvalue weighted by molar-refractivity contribution is -0.155. The van der Waals surface area contributed by atoms with Crippen LogP contribution >= 0.6 is 0 Å². The van der Waals surface area contributed by atoms with Gasteiger partial charge in [-0.15, -0.1) is 0 Å². The molecule has 7 aromatic rings. The van der Waals surface area contributed by atoms with Gasteiger partial charge in [0, 0.05) is 43.0 Å². The maximum atomic E-state index is 14.3. The number of carbonyl (C=O) groups is 4. The smallest absolute Gasteiger partial charge is 0.416 e. The van der Waals surface area contributed by atoms with Crippen molar-refractivity contribution in [3.05, 3.63) is 189 Å². The number of amides is 3. The lowest BCUT2D eigenvalue weighted by Gasteiger charge is -2.37. The predicted molar refractivity (Wildman–Crippen MR) is 388 cm³/mol. The van der Waals surface area contributed by atoms with E-state index in [1.165, 1.54) is 32.3 Å². The number of nitrogens with one attached hydrogen (secondary N) is 1. The first-order valence-electron chi connectivity index (χ1n) is 34.6. The van der Waals surface area contributed by atoms with Gasteiger partial charge in [-0.3, -0.25) is 24.1 Å². The minimum Gasteiger partial charge on any atom is -0.491 e. The molecule has 3 amide bonds. The number of esters is 1. The molecule has 0 unspecified atom stereocenters. The molecule has 0 aliphatic carbocycles. The topological polar surface area (TPSA) is 248 Å². The molecule has 1 fully saturated rings. The highest BCUT2D eigenvalue weighted by Crippen LogP contribution is 2.41. The summed E-state index contributed by atoms with van der Waals surface area (Å²) in [6, 6.07) is 42.5. The van der Waals surface area contributed by atoms with Gasteiger partial charge >= 0.3 is 12.1 Å². The number of nitrogens with zero attached hydrogens (tertiary/aromatic N) is 4. The molecule has 102 heavy (non-hydrogen) atoms. The van der Waals surface area contributed by atoms with Crippen molar-refractivity contribution in [3.8, 4) is 17.2 Å². The number of sulfonamides is 1. The fourth-order valence-corrected chi connectivity index (χ4v) is 13.1. The number of pyridine rings is 1. The third kappa shape index (κ3) is 22.6. The van der Waals surface area contributed by atoms with Gasteiger partial charge in [0.05, 0.1) is 101 Å². The van der Waals surface area contributed by atoms with Crippen LogP contribution < -0.4 is 29.9 Å². The van der Waals surface area contributed by atoms with Crippen molar-refractivity contribution in [2.24, 2.45) is 0 Å². The van der Waals surface area contributed by atoms with E-state index in [2.05, 4.69) is 5.32 Å². The Morgan fingerprint density at radius 2 is 1.09 bits per heavy atom. The van der Waals surface area contributed by atoms with Crippen LogP contribution in [-0.2, 0) is 71.3 Å². The fourth-order valence-electron chi connectivity index (χ4n) is 11.6. The molecular weight excluding hydrogens is 1330 g/mol. The number of anilines is 2. The molecule has 0 saturated carbocycles. The van der Waals surface area contributed by atoms with E-state index in [1.807, 2.05) is 128 Å². The molecule has 0 spiro atoms. The minimum absolute atomic E-state index is 0.0234. The largest absolute Gasteiger partial charge is 0.491 e. The summed E-state index contributed by atoms with van der Waals surface area (Å²) in [5.74, 6) is -0.0200. The molecule has 24 heteroatoms. The van der Waals surface area contributed by atoms with E-state index >= 15 is 0 Å². The van der Waals surface area contributed by atoms with E-state index in [9.17, 15) is 32.4 Å². The summed E-state index contributed by atoms with van der Waals surface area (Å²) in [6.07, 6.45) is 2.01. The average Bonchev–Trinajstić information content (AvgIpc) is 0.764. The molecule has 0 atom stereocenters. The van der Waals surface area contributed by atoms with Crippen LogP contribution in [0.4, 0.5) is 16.2 Å². The normalized spacial score (nSPS) is 14.0. The number of ether oxygens (including phenoxy) is 11. The maximum absolute atomic E-state index is 14.3. The Labute approximate surface area is 598 Å². The van der Waals surface area contributed by atoms with E-state index in [1.54, 1.807) is 65.9 Å². The standard InChI is InChI=1S/C78H97N5O18S/c1-76(2,3)65-49-69(70(99-54-57-20-14-11-15-21-57)50-66(65)79-73(86)64-52-80(51-56-18-12-10-13-19-56)67-23-17-16-22-62(67)72(64)85)98-47-45-96-43-41-94-39-37-92-35-34-91-36-38-93-40-42-95-44-46-97-60-26-24-58(25-27-60)59-30-32-82(33-31-59)102(89,90)61-28-29-63-68(48-61)83(75(88)101-78(7,8)9)55-81(74(63)87)53-71(84)100-77(4,5)6/h10-29,48-50,52,59H,30-47,51,53-55H2,1-9H3,(H,79,86). The summed E-state index contributed by atoms with van der Waals surface area (Å²) in [4.78, 5) is 70.5. The van der Waals surface area contributed by atoms with E-state index < -0.39 is 57.1 Å². The molecule has 1 N–H and O–H groups in total. The molecule has 0 bridgehead atoms. The molecule has 9 rings (SSSR count). The predicted octanol–water partition coefficient (Wildman–Crippen LogP) is 11.8. The number of rotatable bonds is 35. The van der Waals surface area contributed by atoms with Crippen molar-refractivity contribution < 1.29 is 79.7 Å². The highest BCUT2D eigenvalue weighted by molar-refractivity contribution is 7.89. The molecule has 2 aliphatic heterocycles. The zero-order valence-corrected chi connectivity index (χ0v) is 60.9. The molecular formula is C78H97N5O18S. The van der Waals surface area contributed by atoms with Crippen LogP contribution in [0.1, 0.15) is 124 Å². The lowest BCUT2D eigenvalue weighted by Crippen LogP contribution is -2.52. The molecule has 1 saturated heterocycles. The number of hydrogen-bond donors (Lipinski definition) is 1. The number of para-hydroxylation sites is 1. The molecule has 0 radical (unpaired) electrons. The molecule has 6 aromatic carbocycles. The van der Waals surface area contributed by atoms with Gasteiger partial charge in [-0.25, -0.2) is 13.2 Å². The number of hydrogen-bond acceptors (Lipinski definition) is 18. The van der Waals surface area contributed by atoms with Gasteiger partial charge in [0.15, 0.2) is 11.5 Å². The highest BCUT2D eigenvalue weighted by atomic mass is 32.2. The Bertz CT molecular complexity index is 4090. The summed E-state index contributed by atoms with van der Waals surface area (Å²) < 4.78 is 95.5. The van der Waals surface area contributed by atoms with E-state index in [0.29, 0.717) is 127 Å². The van der Waals surface area contributed by atoms with Crippen LogP contribution in [0, 0.1) is 0 Å². The first-order chi connectivity index (χ1) is 48.8. The van der Waals surface area contributed by atoms with Crippen molar-refractivity contribution in [2.75, 3.05) is 129 Å². The second-order valence-electron chi connectivity index (χ2n) is 27.8. The number of piperidine rings is 1. The first kappa shape index (κ1) is 77.4. The summed E-state index contributed by atoms with van der Waals surface area (Å²) in [5.41, 5.74) is 2.73. The van der Waals surface area contributed by atoms with Gasteiger partial charge in [0.25, 0.3) is 11.8 Å². The fraction of sp³-hybridized carbons (Fsp3) is 0.449. The minimum atomic E-state index is -4.03. The van der Waals surface area contributed by atoms with Crippen molar-refractivity contribution in [1.29, 1.82) is 0 Å². The summed E-state index contributed by atoms with van der Waals surface area (Å²) in [5, 5.41) is 3.53. The third-order valence-corrected chi connectivity index (χ3v) is 18.4. The molecule has 548 valence electrons. The average molecular weight is 1420 g/mol. The Hall–Kier alpha value is -8.72. The molecule has 3 heterocycles. The van der Waals surface area contributed by atoms with Crippen LogP contribution in [0.25, 0.3) is 10.9 Å². The quantitative estimate of drug-likeness (QED) is 0.0286. The Morgan fingerprint density at radius 1 is 0.559 bits per heavy atom. The van der Waals surface area contributed by atoms with Gasteiger partial charge in [-0.05, 0) is 137 Å². The van der Waals surface area contributed by atoms with E-state index in [0.717, 1.165) is 27.8 Å². The van der Waals surface area contributed by atoms with Crippen molar-refractivity contribution in [3.63, 3.8) is 0 Å². The maximum Gasteiger partial charge on any atom is 0.416 e. The first-order valence-corrected chi connectivity index (χ1v) is 36.1. The van der Waals surface area contributed by atoms with E-state index in [4.69, 9.17) is 52.1 Å². The molecule has 23 nitrogen and oxygen atoms in total. The van der Waals surface area contributed by atoms with Crippen molar-refractivity contribution in [1.82, 2.24) is 13.8 Å². The van der Waals surface area contributed by atoms with Crippen LogP contribution in [0.3, 0.4) is 0 Å². The van der Waals surface area contributed by atoms with Gasteiger partial charge < -0.3 is 66.9 Å². The summed E-state index contributed by atoms with van der Waals surface area (Å²) in [7, 11) is -4.03. The highest BCUT2D eigenvalue weighted by Gasteiger charge is 2.39. The van der Waals surface area contributed by atoms with Crippen LogP contribution in [-0.4, -0.2) is 176 Å². The molecule has 2 aliphatic rings. The lowest BCUT2D eigenvalue weighted by atomic mass is 9.85. The second-order valence-corrected chi connectivity index (χ2v) is 29.7. The number of benzene rings is 6. The van der Waals surface area contributed by atoms with Gasteiger partial charge in [-0.1, -0.05) is 106 Å². The van der Waals surface area contributed by atoms with E-state index in [-0.39, 0.29) is 72.6 Å². The summed E-state index contributed by atoms with van der Waals surface area (Å²) in [6.45, 7) is 22.0. The van der Waals surface area contributed by atoms with Gasteiger partial charge in [0.2, 0.25) is 15.5 Å². The zero-order chi connectivity index (χ0) is 72.9. The molecule has 1 aromatic heterocycles. The van der Waals surface area contributed by atoms with Crippen LogP contribution in [0.5, 0.6) is 17.2 Å². The third-order valence-electron chi connectivity index (χ3n) is 16.5. The Kier molecular flexibility index (Phi) is 27.7. The number of fused-ring (bicyclic) bond motifs is 2. The monoisotopic (exact) mass is 1420 g/mol. The van der Waals surface area contributed by atoms with Gasteiger partial charge in [0.1, 0.15) is 55.5 Å². The van der Waals surface area contributed by atoms with Gasteiger partial charge in [-0.2, -0.15) is 4.31 Å².